The minimum absolute atomic E-state index is 0.109. The molecule has 0 aliphatic carbocycles. The van der Waals surface area contributed by atoms with Crippen LogP contribution in [-0.4, -0.2) is 40.6 Å². The van der Waals surface area contributed by atoms with E-state index in [9.17, 15) is 9.59 Å². The number of hydrogen-bond donors (Lipinski definition) is 2. The molecule has 2 heterocycles. The summed E-state index contributed by atoms with van der Waals surface area (Å²) < 4.78 is 0. The summed E-state index contributed by atoms with van der Waals surface area (Å²) >= 11 is 0. The van der Waals surface area contributed by atoms with Crippen molar-refractivity contribution in [2.75, 3.05) is 19.7 Å². The van der Waals surface area contributed by atoms with E-state index in [0.29, 0.717) is 24.3 Å². The number of aliphatic hydroxyl groups excluding tert-OH is 1. The van der Waals surface area contributed by atoms with Crippen LogP contribution in [0.5, 0.6) is 0 Å². The number of nitrogens with one attached hydrogen (secondary N) is 1. The number of aromatic nitrogens is 1. The third kappa shape index (κ3) is 2.79. The van der Waals surface area contributed by atoms with E-state index in [-0.39, 0.29) is 24.0 Å². The Balaban J connectivity index is 2.17. The average Bonchev–Trinajstić information content (AvgIpc) is 2.37. The summed E-state index contributed by atoms with van der Waals surface area (Å²) in [6.45, 7) is 3.13. The molecule has 2 N–H and O–H groups in total. The van der Waals surface area contributed by atoms with Gasteiger partial charge in [-0.25, -0.2) is 0 Å². The van der Waals surface area contributed by atoms with E-state index in [0.717, 1.165) is 12.8 Å². The molecule has 1 saturated heterocycles. The van der Waals surface area contributed by atoms with Gasteiger partial charge in [-0.05, 0) is 31.7 Å². The summed E-state index contributed by atoms with van der Waals surface area (Å²) in [6, 6.07) is 3.02. The molecule has 1 amide bonds. The maximum atomic E-state index is 12.3. The number of carbonyl (C=O) groups is 1. The Hall–Kier alpha value is -1.62. The van der Waals surface area contributed by atoms with E-state index in [1.165, 1.54) is 6.07 Å². The molecule has 0 radical (unpaired) electrons. The number of aliphatic hydroxyl groups is 1. The van der Waals surface area contributed by atoms with Gasteiger partial charge >= 0.3 is 0 Å². The summed E-state index contributed by atoms with van der Waals surface area (Å²) in [4.78, 5) is 28.0. The number of carbonyl (C=O) groups excluding carboxylic acids is 1. The number of amides is 1. The SMILES string of the molecule is Cc1cc(C(=O)N2CCCC(CO)C2)cc(=O)[nH]1. The number of hydrogen-bond acceptors (Lipinski definition) is 3. The average molecular weight is 250 g/mol. The highest BCUT2D eigenvalue weighted by Crippen LogP contribution is 2.17. The number of aromatic amines is 1. The summed E-state index contributed by atoms with van der Waals surface area (Å²) in [5.41, 5.74) is 0.852. The maximum Gasteiger partial charge on any atom is 0.254 e. The number of nitrogens with zero attached hydrogens (tertiary/aromatic N) is 1. The smallest absolute Gasteiger partial charge is 0.254 e. The minimum Gasteiger partial charge on any atom is -0.396 e. The maximum absolute atomic E-state index is 12.3. The molecule has 1 aliphatic heterocycles. The lowest BCUT2D eigenvalue weighted by molar-refractivity contribution is 0.0620. The predicted molar refractivity (Wildman–Crippen MR) is 67.5 cm³/mol. The number of rotatable bonds is 2. The summed E-state index contributed by atoms with van der Waals surface area (Å²) in [6.07, 6.45) is 1.85. The zero-order chi connectivity index (χ0) is 13.1. The van der Waals surface area contributed by atoms with Crippen molar-refractivity contribution in [3.8, 4) is 0 Å². The molecular formula is C13H18N2O3. The first-order chi connectivity index (χ1) is 8.60. The first-order valence-electron chi connectivity index (χ1n) is 6.21. The van der Waals surface area contributed by atoms with Crippen LogP contribution < -0.4 is 5.56 Å². The van der Waals surface area contributed by atoms with Gasteiger partial charge in [-0.1, -0.05) is 0 Å². The third-order valence-corrected chi connectivity index (χ3v) is 3.29. The number of likely N-dealkylation sites (tertiary alicyclic amines) is 1. The van der Waals surface area contributed by atoms with Gasteiger partial charge in [-0.2, -0.15) is 0 Å². The molecule has 1 unspecified atom stereocenters. The highest BCUT2D eigenvalue weighted by molar-refractivity contribution is 5.94. The lowest BCUT2D eigenvalue weighted by Crippen LogP contribution is -2.41. The molecule has 0 bridgehead atoms. The van der Waals surface area contributed by atoms with Crippen molar-refractivity contribution >= 4 is 5.91 Å². The normalized spacial score (nSPS) is 19.9. The molecule has 1 fully saturated rings. The Bertz CT molecular complexity index is 495. The Kier molecular flexibility index (Phi) is 3.81. The molecule has 0 spiro atoms. The van der Waals surface area contributed by atoms with Gasteiger partial charge in [0.25, 0.3) is 5.91 Å². The van der Waals surface area contributed by atoms with Gasteiger partial charge in [0.05, 0.1) is 0 Å². The van der Waals surface area contributed by atoms with Crippen LogP contribution in [0.1, 0.15) is 28.9 Å². The van der Waals surface area contributed by atoms with Crippen molar-refractivity contribution in [3.05, 3.63) is 33.7 Å². The second-order valence-corrected chi connectivity index (χ2v) is 4.86. The Morgan fingerprint density at radius 2 is 2.33 bits per heavy atom. The van der Waals surface area contributed by atoms with Crippen LogP contribution in [0.4, 0.5) is 0 Å². The number of pyridine rings is 1. The van der Waals surface area contributed by atoms with Crippen LogP contribution in [-0.2, 0) is 0 Å². The lowest BCUT2D eigenvalue weighted by Gasteiger charge is -2.31. The van der Waals surface area contributed by atoms with E-state index in [4.69, 9.17) is 5.11 Å². The van der Waals surface area contributed by atoms with Gasteiger partial charge in [0.2, 0.25) is 5.56 Å². The van der Waals surface area contributed by atoms with E-state index in [1.807, 2.05) is 0 Å². The first-order valence-corrected chi connectivity index (χ1v) is 6.21. The van der Waals surface area contributed by atoms with Crippen LogP contribution in [0, 0.1) is 12.8 Å². The molecule has 5 heteroatoms. The second-order valence-electron chi connectivity index (χ2n) is 4.86. The topological polar surface area (TPSA) is 73.4 Å². The second kappa shape index (κ2) is 5.35. The fourth-order valence-corrected chi connectivity index (χ4v) is 2.39. The van der Waals surface area contributed by atoms with Crippen molar-refractivity contribution in [2.24, 2.45) is 5.92 Å². The van der Waals surface area contributed by atoms with Gasteiger partial charge < -0.3 is 15.0 Å². The summed E-state index contributed by atoms with van der Waals surface area (Å²) in [5, 5.41) is 9.16. The monoisotopic (exact) mass is 250 g/mol. The number of H-pyrrole nitrogens is 1. The molecule has 18 heavy (non-hydrogen) atoms. The van der Waals surface area contributed by atoms with Crippen molar-refractivity contribution in [3.63, 3.8) is 0 Å². The number of piperidine rings is 1. The number of aryl methyl sites for hydroxylation is 1. The van der Waals surface area contributed by atoms with Crippen molar-refractivity contribution in [1.82, 2.24) is 9.88 Å². The quantitative estimate of drug-likeness (QED) is 0.804. The third-order valence-electron chi connectivity index (χ3n) is 3.29. The zero-order valence-electron chi connectivity index (χ0n) is 10.5. The fourth-order valence-electron chi connectivity index (χ4n) is 2.39. The summed E-state index contributed by atoms with van der Waals surface area (Å²) in [7, 11) is 0. The Labute approximate surface area is 105 Å². The van der Waals surface area contributed by atoms with E-state index >= 15 is 0 Å². The Morgan fingerprint density at radius 1 is 1.56 bits per heavy atom. The molecule has 98 valence electrons. The lowest BCUT2D eigenvalue weighted by atomic mass is 9.98. The molecule has 1 atom stereocenters. The van der Waals surface area contributed by atoms with Crippen LogP contribution >= 0.6 is 0 Å². The van der Waals surface area contributed by atoms with Crippen LogP contribution in [0.3, 0.4) is 0 Å². The molecule has 1 aromatic heterocycles. The van der Waals surface area contributed by atoms with Crippen molar-refractivity contribution < 1.29 is 9.90 Å². The molecule has 2 rings (SSSR count). The van der Waals surface area contributed by atoms with Gasteiger partial charge in [0, 0.05) is 37.0 Å². The van der Waals surface area contributed by atoms with Gasteiger partial charge in [0.15, 0.2) is 0 Å². The largest absolute Gasteiger partial charge is 0.396 e. The fraction of sp³-hybridized carbons (Fsp3) is 0.538. The van der Waals surface area contributed by atoms with Crippen molar-refractivity contribution in [2.45, 2.75) is 19.8 Å². The minimum atomic E-state index is -0.255. The standard InChI is InChI=1S/C13H18N2O3/c1-9-5-11(6-12(17)14-9)13(18)15-4-2-3-10(7-15)8-16/h5-6,10,16H,2-4,7-8H2,1H3,(H,14,17). The van der Waals surface area contributed by atoms with Gasteiger partial charge in [-0.15, -0.1) is 0 Å². The summed E-state index contributed by atoms with van der Waals surface area (Å²) in [5.74, 6) is 0.0353. The zero-order valence-corrected chi connectivity index (χ0v) is 10.5. The highest BCUT2D eigenvalue weighted by atomic mass is 16.3. The first kappa shape index (κ1) is 12.8. The van der Waals surface area contributed by atoms with E-state index < -0.39 is 0 Å². The van der Waals surface area contributed by atoms with Crippen LogP contribution in [0.25, 0.3) is 0 Å². The van der Waals surface area contributed by atoms with Crippen LogP contribution in [0.15, 0.2) is 16.9 Å². The molecule has 1 aromatic rings. The predicted octanol–water partition coefficient (Wildman–Crippen LogP) is 0.528. The Morgan fingerprint density at radius 3 is 3.00 bits per heavy atom. The molecular weight excluding hydrogens is 232 g/mol. The van der Waals surface area contributed by atoms with E-state index in [2.05, 4.69) is 4.98 Å². The van der Waals surface area contributed by atoms with E-state index in [1.54, 1.807) is 17.9 Å². The molecule has 0 aromatic carbocycles. The molecule has 1 aliphatic rings. The molecule has 5 nitrogen and oxygen atoms in total. The van der Waals surface area contributed by atoms with Gasteiger partial charge in [-0.3, -0.25) is 9.59 Å². The highest BCUT2D eigenvalue weighted by Gasteiger charge is 2.24. The van der Waals surface area contributed by atoms with Crippen molar-refractivity contribution in [1.29, 1.82) is 0 Å². The van der Waals surface area contributed by atoms with Gasteiger partial charge in [0.1, 0.15) is 0 Å². The van der Waals surface area contributed by atoms with Crippen LogP contribution in [0.2, 0.25) is 0 Å². The molecule has 0 saturated carbocycles.